The average Bonchev–Trinajstić information content (AvgIpc) is 3.51. The molecule has 5 rings (SSSR count). The first kappa shape index (κ1) is 33.1. The van der Waals surface area contributed by atoms with Gasteiger partial charge in [0.1, 0.15) is 5.82 Å². The molecule has 1 amide bonds. The molecule has 1 unspecified atom stereocenters. The largest absolute Gasteiger partial charge is 0.356 e. The van der Waals surface area contributed by atoms with Crippen LogP contribution in [0, 0.1) is 5.82 Å². The Morgan fingerprint density at radius 1 is 0.935 bits per heavy atom. The highest BCUT2D eigenvalue weighted by molar-refractivity contribution is 7.85. The summed E-state index contributed by atoms with van der Waals surface area (Å²) in [7, 11) is -4.17. The summed E-state index contributed by atoms with van der Waals surface area (Å²) >= 11 is 6.03. The van der Waals surface area contributed by atoms with Crippen LogP contribution in [0.2, 0.25) is 5.02 Å². The molecule has 1 aromatic heterocycles. The lowest BCUT2D eigenvalue weighted by molar-refractivity contribution is 0.0956. The summed E-state index contributed by atoms with van der Waals surface area (Å²) in [6.07, 6.45) is 0.569. The Bertz CT molecular complexity index is 1950. The summed E-state index contributed by atoms with van der Waals surface area (Å²) in [5.41, 5.74) is 6.76. The average molecular weight is 661 g/mol. The van der Waals surface area contributed by atoms with E-state index in [1.807, 2.05) is 42.5 Å². The molecule has 0 aliphatic carbocycles. The van der Waals surface area contributed by atoms with Gasteiger partial charge in [-0.2, -0.15) is 8.42 Å². The second-order valence-corrected chi connectivity index (χ2v) is 14.2. The SMILES string of the molecule is CC(C)(C)c1ccc(C(Cc2ccc(C(=O)NCCS(=O)(=O)O)cc2)c2cc(-c3cccc(-c4ccc(F)c(Cl)c4)c3)on2)cc1. The van der Waals surface area contributed by atoms with Gasteiger partial charge in [-0.15, -0.1) is 0 Å². The molecule has 0 saturated heterocycles. The van der Waals surface area contributed by atoms with Crippen molar-refractivity contribution in [3.05, 3.63) is 136 Å². The third-order valence-corrected chi connectivity index (χ3v) is 8.78. The fourth-order valence-electron chi connectivity index (χ4n) is 5.15. The van der Waals surface area contributed by atoms with Gasteiger partial charge in [0, 0.05) is 29.7 Å². The van der Waals surface area contributed by atoms with Gasteiger partial charge in [-0.1, -0.05) is 98.2 Å². The third-order valence-electron chi connectivity index (χ3n) is 7.77. The Hall–Kier alpha value is -4.31. The summed E-state index contributed by atoms with van der Waals surface area (Å²) in [4.78, 5) is 12.5. The van der Waals surface area contributed by atoms with Crippen LogP contribution in [0.5, 0.6) is 0 Å². The van der Waals surface area contributed by atoms with Crippen LogP contribution in [-0.2, 0) is 22.0 Å². The topological polar surface area (TPSA) is 110 Å². The first-order valence-corrected chi connectivity index (χ1v) is 16.7. The predicted molar refractivity (Wildman–Crippen MR) is 178 cm³/mol. The molecule has 238 valence electrons. The zero-order valence-electron chi connectivity index (χ0n) is 25.6. The highest BCUT2D eigenvalue weighted by atomic mass is 35.5. The van der Waals surface area contributed by atoms with Crippen molar-refractivity contribution >= 4 is 27.6 Å². The number of nitrogens with zero attached hydrogens (tertiary/aromatic N) is 1. The van der Waals surface area contributed by atoms with Crippen molar-refractivity contribution in [2.45, 2.75) is 38.5 Å². The van der Waals surface area contributed by atoms with Gasteiger partial charge < -0.3 is 9.84 Å². The maximum atomic E-state index is 13.8. The fraction of sp³-hybridized carbons (Fsp3) is 0.222. The molecule has 0 spiro atoms. The molecule has 0 radical (unpaired) electrons. The van der Waals surface area contributed by atoms with Gasteiger partial charge in [-0.05, 0) is 70.0 Å². The quantitative estimate of drug-likeness (QED) is 0.147. The monoisotopic (exact) mass is 660 g/mol. The zero-order chi connectivity index (χ0) is 33.1. The van der Waals surface area contributed by atoms with E-state index < -0.39 is 27.6 Å². The normalized spacial score (nSPS) is 12.6. The van der Waals surface area contributed by atoms with Gasteiger partial charge in [-0.3, -0.25) is 9.35 Å². The van der Waals surface area contributed by atoms with E-state index in [2.05, 4.69) is 55.5 Å². The Labute approximate surface area is 273 Å². The third kappa shape index (κ3) is 8.28. The smallest absolute Gasteiger partial charge is 0.266 e. The lowest BCUT2D eigenvalue weighted by atomic mass is 9.83. The van der Waals surface area contributed by atoms with E-state index in [9.17, 15) is 17.6 Å². The number of halogens is 2. The number of aromatic nitrogens is 1. The molecule has 0 saturated carbocycles. The zero-order valence-corrected chi connectivity index (χ0v) is 27.2. The standard InChI is InChI=1S/C36H34ClFN2O5S/c1-36(2,3)29-14-11-24(12-15-29)30(19-23-7-9-25(10-8-23)35(41)39-17-18-46(42,43)44)33-22-34(45-40-33)28-6-4-5-26(20-28)27-13-16-32(38)31(37)21-27/h4-16,20-22,30H,17-19H2,1-3H3,(H,39,41)(H,42,43,44). The summed E-state index contributed by atoms with van der Waals surface area (Å²) in [6.45, 7) is 6.30. The van der Waals surface area contributed by atoms with Crippen LogP contribution in [0.3, 0.4) is 0 Å². The molecule has 1 heterocycles. The van der Waals surface area contributed by atoms with Gasteiger partial charge in [-0.25, -0.2) is 4.39 Å². The number of hydrogen-bond donors (Lipinski definition) is 2. The first-order valence-electron chi connectivity index (χ1n) is 14.7. The highest BCUT2D eigenvalue weighted by Crippen LogP contribution is 2.34. The molecule has 0 aliphatic rings. The summed E-state index contributed by atoms with van der Waals surface area (Å²) in [5, 5.41) is 7.04. The van der Waals surface area contributed by atoms with Crippen LogP contribution in [-0.4, -0.2) is 36.3 Å². The van der Waals surface area contributed by atoms with Crippen molar-refractivity contribution in [2.75, 3.05) is 12.3 Å². The second kappa shape index (κ2) is 13.6. The van der Waals surface area contributed by atoms with Crippen LogP contribution in [0.4, 0.5) is 4.39 Å². The molecule has 2 N–H and O–H groups in total. The lowest BCUT2D eigenvalue weighted by Crippen LogP contribution is -2.28. The van der Waals surface area contributed by atoms with E-state index in [0.717, 1.165) is 33.5 Å². The van der Waals surface area contributed by atoms with Gasteiger partial charge in [0.25, 0.3) is 16.0 Å². The van der Waals surface area contributed by atoms with Gasteiger partial charge in [0.15, 0.2) is 5.76 Å². The molecule has 10 heteroatoms. The minimum Gasteiger partial charge on any atom is -0.356 e. The minimum absolute atomic E-state index is 0.00732. The Morgan fingerprint density at radius 3 is 2.26 bits per heavy atom. The van der Waals surface area contributed by atoms with Crippen molar-refractivity contribution in [1.82, 2.24) is 10.5 Å². The molecule has 1 atom stereocenters. The van der Waals surface area contributed by atoms with E-state index >= 15 is 0 Å². The molecule has 0 fully saturated rings. The summed E-state index contributed by atoms with van der Waals surface area (Å²) in [5.74, 6) is -1.05. The van der Waals surface area contributed by atoms with E-state index in [-0.39, 0.29) is 22.9 Å². The molecule has 5 aromatic rings. The molecule has 0 bridgehead atoms. The van der Waals surface area contributed by atoms with Crippen LogP contribution in [0.1, 0.15) is 59.4 Å². The van der Waals surface area contributed by atoms with Crippen LogP contribution in [0.25, 0.3) is 22.5 Å². The molecular formula is C36H34ClFN2O5S. The van der Waals surface area contributed by atoms with E-state index in [4.69, 9.17) is 20.7 Å². The fourth-order valence-corrected chi connectivity index (χ4v) is 5.69. The van der Waals surface area contributed by atoms with Crippen molar-refractivity contribution in [3.8, 4) is 22.5 Å². The van der Waals surface area contributed by atoms with Crippen LogP contribution in [0.15, 0.2) is 102 Å². The van der Waals surface area contributed by atoms with Crippen molar-refractivity contribution in [1.29, 1.82) is 0 Å². The molecule has 46 heavy (non-hydrogen) atoms. The van der Waals surface area contributed by atoms with Crippen LogP contribution < -0.4 is 5.32 Å². The highest BCUT2D eigenvalue weighted by Gasteiger charge is 2.22. The lowest BCUT2D eigenvalue weighted by Gasteiger charge is -2.21. The number of rotatable bonds is 10. The number of hydrogen-bond acceptors (Lipinski definition) is 5. The molecule has 7 nitrogen and oxygen atoms in total. The maximum Gasteiger partial charge on any atom is 0.266 e. The summed E-state index contributed by atoms with van der Waals surface area (Å²) in [6, 6.07) is 29.8. The van der Waals surface area contributed by atoms with Crippen molar-refractivity contribution < 1.29 is 26.7 Å². The predicted octanol–water partition coefficient (Wildman–Crippen LogP) is 8.09. The number of carbonyl (C=O) groups excluding carboxylic acids is 1. The molecule has 0 aliphatic heterocycles. The van der Waals surface area contributed by atoms with Crippen molar-refractivity contribution in [2.24, 2.45) is 0 Å². The Morgan fingerprint density at radius 2 is 1.61 bits per heavy atom. The number of carbonyl (C=O) groups is 1. The number of amides is 1. The second-order valence-electron chi connectivity index (χ2n) is 12.2. The minimum atomic E-state index is -4.17. The van der Waals surface area contributed by atoms with Gasteiger partial charge in [0.2, 0.25) is 0 Å². The number of nitrogens with one attached hydrogen (secondary N) is 1. The van der Waals surface area contributed by atoms with E-state index in [1.165, 1.54) is 11.6 Å². The maximum absolute atomic E-state index is 13.8. The summed E-state index contributed by atoms with van der Waals surface area (Å²) < 4.78 is 50.4. The van der Waals surface area contributed by atoms with E-state index in [1.54, 1.807) is 24.3 Å². The van der Waals surface area contributed by atoms with Gasteiger partial charge in [0.05, 0.1) is 16.5 Å². The molecular weight excluding hydrogens is 627 g/mol. The Balaban J connectivity index is 1.42. The van der Waals surface area contributed by atoms with Crippen LogP contribution >= 0.6 is 11.6 Å². The Kier molecular flexibility index (Phi) is 9.76. The van der Waals surface area contributed by atoms with E-state index in [0.29, 0.717) is 17.7 Å². The van der Waals surface area contributed by atoms with Crippen molar-refractivity contribution in [3.63, 3.8) is 0 Å². The number of benzene rings is 4. The molecule has 4 aromatic carbocycles. The van der Waals surface area contributed by atoms with Gasteiger partial charge >= 0.3 is 0 Å². The first-order chi connectivity index (χ1) is 21.8.